The summed E-state index contributed by atoms with van der Waals surface area (Å²) in [5.74, 6) is 0.0354. The first-order valence-electron chi connectivity index (χ1n) is 8.77. The fourth-order valence-electron chi connectivity index (χ4n) is 2.78. The van der Waals surface area contributed by atoms with Gasteiger partial charge in [-0.25, -0.2) is 0 Å². The van der Waals surface area contributed by atoms with Gasteiger partial charge in [-0.1, -0.05) is 78.4 Å². The number of carbonyl (C=O) groups is 1. The third kappa shape index (κ3) is 4.77. The zero-order valence-electron chi connectivity index (χ0n) is 15.1. The highest BCUT2D eigenvalue weighted by molar-refractivity contribution is 8.00. The molecule has 0 spiro atoms. The van der Waals surface area contributed by atoms with Gasteiger partial charge in [-0.05, 0) is 37.1 Å². The van der Waals surface area contributed by atoms with Crippen LogP contribution in [0.25, 0.3) is 0 Å². The summed E-state index contributed by atoms with van der Waals surface area (Å²) >= 11 is 1.57. The van der Waals surface area contributed by atoms with Gasteiger partial charge in [0.25, 0.3) is 0 Å². The fourth-order valence-corrected chi connectivity index (χ4v) is 3.68. The van der Waals surface area contributed by atoms with E-state index in [1.54, 1.807) is 11.8 Å². The summed E-state index contributed by atoms with van der Waals surface area (Å²) in [5, 5.41) is 3.06. The lowest BCUT2D eigenvalue weighted by atomic mass is 9.97. The molecule has 0 fully saturated rings. The van der Waals surface area contributed by atoms with Crippen LogP contribution in [0.2, 0.25) is 0 Å². The lowest BCUT2D eigenvalue weighted by Gasteiger charge is -2.22. The molecule has 0 unspecified atom stereocenters. The number of thioether (sulfide) groups is 1. The zero-order chi connectivity index (χ0) is 18.4. The summed E-state index contributed by atoms with van der Waals surface area (Å²) in [4.78, 5) is 13.9. The van der Waals surface area contributed by atoms with Crippen molar-refractivity contribution < 1.29 is 4.79 Å². The van der Waals surface area contributed by atoms with E-state index in [9.17, 15) is 4.79 Å². The Morgan fingerprint density at radius 1 is 0.808 bits per heavy atom. The van der Waals surface area contributed by atoms with Gasteiger partial charge in [0.15, 0.2) is 0 Å². The van der Waals surface area contributed by atoms with E-state index >= 15 is 0 Å². The minimum atomic E-state index is -0.172. The Balaban J connectivity index is 1.79. The molecule has 3 aromatic rings. The SMILES string of the molecule is Cc1ccc([C@@H](NC(=O)[C@@H](C)Sc2ccccc2)c2ccccc2)cc1. The number of benzene rings is 3. The maximum atomic E-state index is 12.8. The molecule has 0 bridgehead atoms. The number of amides is 1. The molecular weight excluding hydrogens is 338 g/mol. The average molecular weight is 362 g/mol. The van der Waals surface area contributed by atoms with E-state index < -0.39 is 0 Å². The van der Waals surface area contributed by atoms with E-state index in [2.05, 4.69) is 48.6 Å². The van der Waals surface area contributed by atoms with Gasteiger partial charge in [0.1, 0.15) is 0 Å². The van der Waals surface area contributed by atoms with Crippen LogP contribution in [0, 0.1) is 6.92 Å². The van der Waals surface area contributed by atoms with Crippen molar-refractivity contribution in [1.82, 2.24) is 5.32 Å². The molecule has 2 nitrogen and oxygen atoms in total. The van der Waals surface area contributed by atoms with Crippen molar-refractivity contribution in [2.75, 3.05) is 0 Å². The first-order valence-corrected chi connectivity index (χ1v) is 9.65. The van der Waals surface area contributed by atoms with Crippen LogP contribution in [0.4, 0.5) is 0 Å². The standard InChI is InChI=1S/C23H23NOS/c1-17-13-15-20(16-14-17)22(19-9-5-3-6-10-19)24-23(25)18(2)26-21-11-7-4-8-12-21/h3-16,18,22H,1-2H3,(H,24,25)/t18-,22+/m1/s1. The number of hydrogen-bond donors (Lipinski definition) is 1. The summed E-state index contributed by atoms with van der Waals surface area (Å²) < 4.78 is 0. The predicted octanol–water partition coefficient (Wildman–Crippen LogP) is 5.38. The molecule has 0 aliphatic carbocycles. The molecule has 0 saturated heterocycles. The molecule has 132 valence electrons. The van der Waals surface area contributed by atoms with Crippen LogP contribution in [0.5, 0.6) is 0 Å². The minimum absolute atomic E-state index is 0.0354. The molecule has 2 atom stereocenters. The first kappa shape index (κ1) is 18.3. The summed E-state index contributed by atoms with van der Waals surface area (Å²) in [7, 11) is 0. The third-order valence-corrected chi connectivity index (χ3v) is 5.37. The maximum absolute atomic E-state index is 12.8. The Morgan fingerprint density at radius 2 is 1.35 bits per heavy atom. The zero-order valence-corrected chi connectivity index (χ0v) is 15.9. The number of rotatable bonds is 6. The minimum Gasteiger partial charge on any atom is -0.344 e. The highest BCUT2D eigenvalue weighted by Crippen LogP contribution is 2.26. The van der Waals surface area contributed by atoms with E-state index in [1.807, 2.05) is 55.5 Å². The maximum Gasteiger partial charge on any atom is 0.233 e. The number of nitrogens with one attached hydrogen (secondary N) is 1. The lowest BCUT2D eigenvalue weighted by molar-refractivity contribution is -0.120. The average Bonchev–Trinajstić information content (AvgIpc) is 2.68. The highest BCUT2D eigenvalue weighted by atomic mass is 32.2. The number of aryl methyl sites for hydroxylation is 1. The van der Waals surface area contributed by atoms with Crippen molar-refractivity contribution in [2.45, 2.75) is 30.0 Å². The molecular formula is C23H23NOS. The van der Waals surface area contributed by atoms with Crippen LogP contribution >= 0.6 is 11.8 Å². The van der Waals surface area contributed by atoms with Crippen LogP contribution in [0.3, 0.4) is 0 Å². The molecule has 26 heavy (non-hydrogen) atoms. The molecule has 1 amide bonds. The molecule has 0 aliphatic heterocycles. The topological polar surface area (TPSA) is 29.1 Å². The van der Waals surface area contributed by atoms with Crippen molar-refractivity contribution in [3.05, 3.63) is 102 Å². The predicted molar refractivity (Wildman–Crippen MR) is 109 cm³/mol. The van der Waals surface area contributed by atoms with Crippen molar-refractivity contribution in [1.29, 1.82) is 0 Å². The second-order valence-corrected chi connectivity index (χ2v) is 7.75. The quantitative estimate of drug-likeness (QED) is 0.597. The van der Waals surface area contributed by atoms with Crippen molar-refractivity contribution >= 4 is 17.7 Å². The molecule has 3 aromatic carbocycles. The van der Waals surface area contributed by atoms with Gasteiger partial charge in [0.05, 0.1) is 11.3 Å². The van der Waals surface area contributed by atoms with Gasteiger partial charge < -0.3 is 5.32 Å². The molecule has 0 saturated carbocycles. The molecule has 0 aromatic heterocycles. The van der Waals surface area contributed by atoms with Crippen LogP contribution in [-0.2, 0) is 4.79 Å². The van der Waals surface area contributed by atoms with Crippen molar-refractivity contribution in [3.8, 4) is 0 Å². The highest BCUT2D eigenvalue weighted by Gasteiger charge is 2.21. The Kier molecular flexibility index (Phi) is 6.13. The third-order valence-electron chi connectivity index (χ3n) is 4.26. The largest absolute Gasteiger partial charge is 0.344 e. The first-order chi connectivity index (χ1) is 12.6. The smallest absolute Gasteiger partial charge is 0.233 e. The van der Waals surface area contributed by atoms with E-state index in [1.165, 1.54) is 5.56 Å². The summed E-state index contributed by atoms with van der Waals surface area (Å²) in [5.41, 5.74) is 3.38. The molecule has 0 radical (unpaired) electrons. The van der Waals surface area contributed by atoms with Gasteiger partial charge in [-0.15, -0.1) is 11.8 Å². The summed E-state index contributed by atoms with van der Waals surface area (Å²) in [6, 6.07) is 28.3. The second kappa shape index (κ2) is 8.72. The Hall–Kier alpha value is -2.52. The van der Waals surface area contributed by atoms with E-state index in [0.717, 1.165) is 16.0 Å². The Labute approximate surface area is 159 Å². The molecule has 0 aliphatic rings. The van der Waals surface area contributed by atoms with Crippen LogP contribution < -0.4 is 5.32 Å². The van der Waals surface area contributed by atoms with Gasteiger partial charge in [-0.2, -0.15) is 0 Å². The Morgan fingerprint density at radius 3 is 1.96 bits per heavy atom. The number of hydrogen-bond acceptors (Lipinski definition) is 2. The molecule has 0 heterocycles. The van der Waals surface area contributed by atoms with Gasteiger partial charge in [0.2, 0.25) is 5.91 Å². The fraction of sp³-hybridized carbons (Fsp3) is 0.174. The normalized spacial score (nSPS) is 13.0. The summed E-state index contributed by atoms with van der Waals surface area (Å²) in [6.07, 6.45) is 0. The van der Waals surface area contributed by atoms with Gasteiger partial charge in [0, 0.05) is 4.90 Å². The lowest BCUT2D eigenvalue weighted by Crippen LogP contribution is -2.34. The summed E-state index contributed by atoms with van der Waals surface area (Å²) in [6.45, 7) is 4.02. The molecule has 1 N–H and O–H groups in total. The van der Waals surface area contributed by atoms with E-state index in [-0.39, 0.29) is 17.2 Å². The van der Waals surface area contributed by atoms with E-state index in [0.29, 0.717) is 0 Å². The molecule has 3 rings (SSSR count). The van der Waals surface area contributed by atoms with Crippen LogP contribution in [0.15, 0.2) is 89.8 Å². The van der Waals surface area contributed by atoms with Gasteiger partial charge in [-0.3, -0.25) is 4.79 Å². The van der Waals surface area contributed by atoms with Crippen LogP contribution in [-0.4, -0.2) is 11.2 Å². The van der Waals surface area contributed by atoms with E-state index in [4.69, 9.17) is 0 Å². The molecule has 3 heteroatoms. The second-order valence-electron chi connectivity index (χ2n) is 6.34. The Bertz CT molecular complexity index is 831. The number of carbonyl (C=O) groups excluding carboxylic acids is 1. The van der Waals surface area contributed by atoms with Crippen molar-refractivity contribution in [2.24, 2.45) is 0 Å². The monoisotopic (exact) mass is 361 g/mol. The van der Waals surface area contributed by atoms with Crippen molar-refractivity contribution in [3.63, 3.8) is 0 Å². The van der Waals surface area contributed by atoms with Crippen LogP contribution in [0.1, 0.15) is 29.7 Å². The van der Waals surface area contributed by atoms with Gasteiger partial charge >= 0.3 is 0 Å².